The predicted molar refractivity (Wildman–Crippen MR) is 259 cm³/mol. The van der Waals surface area contributed by atoms with Crippen LogP contribution in [0.15, 0.2) is 46.1 Å². The van der Waals surface area contributed by atoms with Gasteiger partial charge in [0.15, 0.2) is 0 Å². The van der Waals surface area contributed by atoms with Crippen LogP contribution in [-0.4, -0.2) is 62.6 Å². The third kappa shape index (κ3) is 15.1. The van der Waals surface area contributed by atoms with E-state index in [1.165, 1.54) is 5.57 Å². The zero-order chi connectivity index (χ0) is 43.8. The van der Waals surface area contributed by atoms with Crippen molar-refractivity contribution in [3.05, 3.63) is 51.6 Å². The lowest BCUT2D eigenvalue weighted by Crippen LogP contribution is -2.54. The molecular formula is C48H89IO6Si2. The van der Waals surface area contributed by atoms with Crippen LogP contribution >= 0.6 is 22.6 Å². The molecule has 6 nitrogen and oxygen atoms in total. The second-order valence-corrected chi connectivity index (χ2v) is 30.8. The molecule has 1 aromatic rings. The number of halogens is 1. The summed E-state index contributed by atoms with van der Waals surface area (Å²) >= 11 is 2.36. The highest BCUT2D eigenvalue weighted by Crippen LogP contribution is 2.47. The molecule has 332 valence electrons. The van der Waals surface area contributed by atoms with Crippen LogP contribution in [0.2, 0.25) is 33.2 Å². The summed E-state index contributed by atoms with van der Waals surface area (Å²) in [6.07, 6.45) is 5.78. The number of rotatable bonds is 28. The zero-order valence-corrected chi connectivity index (χ0v) is 44.4. The minimum atomic E-state index is -2.26. The summed E-state index contributed by atoms with van der Waals surface area (Å²) in [7, 11) is -0.974. The Labute approximate surface area is 368 Å². The summed E-state index contributed by atoms with van der Waals surface area (Å²) in [5.41, 5.74) is 5.52. The molecule has 0 radical (unpaired) electrons. The van der Waals surface area contributed by atoms with E-state index in [9.17, 15) is 0 Å². The smallest absolute Gasteiger partial charge is 0.200 e. The fourth-order valence-corrected chi connectivity index (χ4v) is 22.6. The summed E-state index contributed by atoms with van der Waals surface area (Å²) in [5.74, 6) is 1.89. The Kier molecular flexibility index (Phi) is 24.9. The van der Waals surface area contributed by atoms with Gasteiger partial charge in [0.1, 0.15) is 12.5 Å². The Bertz CT molecular complexity index is 1250. The van der Waals surface area contributed by atoms with E-state index in [0.29, 0.717) is 52.4 Å². The third-order valence-corrected chi connectivity index (χ3v) is 25.6. The SMILES string of the molecule is COCO[C@@H]([C@H](C)[C@@H](O[Si](C(C)C)(C(C)C)C(C)C)[C@H](C)C/C(C)=C\[C@@H](C)[C@H](O[Si](C(C)C)(C(C)C)C(C)C)[C@H](C)/C=C\I)[C@H](C)COCc1ccc(OC)cc1. The van der Waals surface area contributed by atoms with Gasteiger partial charge < -0.3 is 27.8 Å². The Morgan fingerprint density at radius 1 is 0.632 bits per heavy atom. The average molecular weight is 945 g/mol. The molecule has 0 aliphatic heterocycles. The van der Waals surface area contributed by atoms with Crippen molar-refractivity contribution in [1.29, 1.82) is 0 Å². The first-order chi connectivity index (χ1) is 26.6. The van der Waals surface area contributed by atoms with Crippen LogP contribution in [-0.2, 0) is 29.7 Å². The molecule has 0 saturated carbocycles. The van der Waals surface area contributed by atoms with Crippen molar-refractivity contribution in [1.82, 2.24) is 0 Å². The predicted octanol–water partition coefficient (Wildman–Crippen LogP) is 14.8. The maximum atomic E-state index is 7.83. The van der Waals surface area contributed by atoms with Crippen molar-refractivity contribution in [3.8, 4) is 5.75 Å². The lowest BCUT2D eigenvalue weighted by molar-refractivity contribution is -0.137. The van der Waals surface area contributed by atoms with Gasteiger partial charge in [-0.25, -0.2) is 0 Å². The van der Waals surface area contributed by atoms with Gasteiger partial charge in [0.2, 0.25) is 16.6 Å². The number of hydrogen-bond donors (Lipinski definition) is 0. The maximum Gasteiger partial charge on any atom is 0.200 e. The summed E-state index contributed by atoms with van der Waals surface area (Å²) in [5, 5.41) is 0. The summed E-state index contributed by atoms with van der Waals surface area (Å²) < 4.78 is 41.4. The Balaban J connectivity index is 3.65. The third-order valence-electron chi connectivity index (χ3n) is 13.0. The number of benzene rings is 1. The van der Waals surface area contributed by atoms with E-state index in [-0.39, 0.29) is 48.8 Å². The van der Waals surface area contributed by atoms with Gasteiger partial charge >= 0.3 is 0 Å². The highest BCUT2D eigenvalue weighted by molar-refractivity contribution is 14.1. The monoisotopic (exact) mass is 945 g/mol. The van der Waals surface area contributed by atoms with Crippen molar-refractivity contribution in [3.63, 3.8) is 0 Å². The van der Waals surface area contributed by atoms with Gasteiger partial charge in [-0.1, -0.05) is 170 Å². The number of methoxy groups -OCH3 is 2. The van der Waals surface area contributed by atoms with Crippen molar-refractivity contribution >= 4 is 39.2 Å². The highest BCUT2D eigenvalue weighted by atomic mass is 127. The van der Waals surface area contributed by atoms with Crippen molar-refractivity contribution in [2.45, 2.75) is 189 Å². The Hall–Kier alpha value is -0.536. The van der Waals surface area contributed by atoms with Crippen LogP contribution < -0.4 is 4.74 Å². The average Bonchev–Trinajstić information content (AvgIpc) is 3.11. The summed E-state index contributed by atoms with van der Waals surface area (Å²) in [6.45, 7) is 44.1. The molecule has 1 rings (SSSR count). The van der Waals surface area contributed by atoms with Crippen molar-refractivity contribution in [2.24, 2.45) is 29.6 Å². The number of allylic oxidation sites excluding steroid dienone is 1. The van der Waals surface area contributed by atoms with E-state index >= 15 is 0 Å². The molecule has 9 heteroatoms. The van der Waals surface area contributed by atoms with Gasteiger partial charge in [0.05, 0.1) is 38.6 Å². The van der Waals surface area contributed by atoms with E-state index in [1.54, 1.807) is 14.2 Å². The van der Waals surface area contributed by atoms with Crippen LogP contribution in [0.1, 0.15) is 137 Å². The van der Waals surface area contributed by atoms with E-state index < -0.39 is 16.6 Å². The van der Waals surface area contributed by atoms with Gasteiger partial charge in [0.25, 0.3) is 0 Å². The molecule has 1 aromatic carbocycles. The van der Waals surface area contributed by atoms with Crippen LogP contribution in [0, 0.1) is 29.6 Å². The fraction of sp³-hybridized carbons (Fsp3) is 0.792. The second-order valence-electron chi connectivity index (χ2n) is 19.3. The van der Waals surface area contributed by atoms with Gasteiger partial charge in [-0.3, -0.25) is 0 Å². The minimum absolute atomic E-state index is 0.00998. The lowest BCUT2D eigenvalue weighted by atomic mass is 9.81. The molecular weight excluding hydrogens is 856 g/mol. The zero-order valence-electron chi connectivity index (χ0n) is 40.3. The van der Waals surface area contributed by atoms with E-state index in [1.807, 2.05) is 12.1 Å². The normalized spacial score (nSPS) is 17.9. The molecule has 0 heterocycles. The summed E-state index contributed by atoms with van der Waals surface area (Å²) in [4.78, 5) is 0. The van der Waals surface area contributed by atoms with Gasteiger partial charge in [-0.05, 0) is 80.2 Å². The molecule has 57 heavy (non-hydrogen) atoms. The summed E-state index contributed by atoms with van der Waals surface area (Å²) in [6, 6.07) is 8.09. The van der Waals surface area contributed by atoms with Crippen LogP contribution in [0.4, 0.5) is 0 Å². The first kappa shape index (κ1) is 54.5. The Morgan fingerprint density at radius 3 is 1.53 bits per heavy atom. The lowest BCUT2D eigenvalue weighted by Gasteiger charge is -2.48. The van der Waals surface area contributed by atoms with Gasteiger partial charge in [-0.15, -0.1) is 0 Å². The van der Waals surface area contributed by atoms with Gasteiger partial charge in [0, 0.05) is 24.9 Å². The molecule has 0 spiro atoms. The molecule has 8 atom stereocenters. The van der Waals surface area contributed by atoms with E-state index in [2.05, 4.69) is 176 Å². The topological polar surface area (TPSA) is 55.4 Å². The van der Waals surface area contributed by atoms with Gasteiger partial charge in [-0.2, -0.15) is 0 Å². The minimum Gasteiger partial charge on any atom is -0.497 e. The fourth-order valence-electron chi connectivity index (χ4n) is 10.5. The first-order valence-corrected chi connectivity index (χ1v) is 27.7. The number of hydrogen-bond acceptors (Lipinski definition) is 6. The standard InChI is InChI=1S/C48H89IO6Si2/c1-32(2)56(33(3)4,34(5)6)54-46(39(14)25-26-49)40(15)27-38(13)28-41(16)48(55-57(35(7)8,36(9)10)37(11)12)43(18)47(53-31-50-19)42(17)29-52-30-44-21-23-45(51-20)24-22-44/h21-27,32-37,39-43,46-48H,28-31H2,1-20H3/b26-25-,38-27-/t39-,40-,41-,42-,43+,46-,47-,48+/m1/s1. The molecule has 0 fully saturated rings. The molecule has 0 unspecified atom stereocenters. The Morgan fingerprint density at radius 2 is 1.11 bits per heavy atom. The largest absolute Gasteiger partial charge is 0.497 e. The van der Waals surface area contributed by atoms with Crippen molar-refractivity contribution in [2.75, 3.05) is 27.6 Å². The quantitative estimate of drug-likeness (QED) is 0.0361. The van der Waals surface area contributed by atoms with Crippen LogP contribution in [0.25, 0.3) is 0 Å². The molecule has 0 aliphatic rings. The number of ether oxygens (including phenoxy) is 4. The first-order valence-electron chi connectivity index (χ1n) is 22.2. The van der Waals surface area contributed by atoms with E-state index in [4.69, 9.17) is 27.8 Å². The molecule has 0 amide bonds. The highest BCUT2D eigenvalue weighted by Gasteiger charge is 2.50. The van der Waals surface area contributed by atoms with Crippen molar-refractivity contribution < 1.29 is 27.8 Å². The van der Waals surface area contributed by atoms with Crippen LogP contribution in [0.5, 0.6) is 5.75 Å². The molecule has 0 N–H and O–H groups in total. The molecule has 0 aliphatic carbocycles. The second kappa shape index (κ2) is 26.1. The molecule has 0 aromatic heterocycles. The molecule has 0 bridgehead atoms. The maximum absolute atomic E-state index is 7.83. The van der Waals surface area contributed by atoms with E-state index in [0.717, 1.165) is 17.7 Å². The molecule has 0 saturated heterocycles. The van der Waals surface area contributed by atoms with Crippen LogP contribution in [0.3, 0.4) is 0 Å².